The lowest BCUT2D eigenvalue weighted by Crippen LogP contribution is -2.53. The average molecular weight is 242 g/mol. The molecule has 2 aliphatic rings. The van der Waals surface area contributed by atoms with E-state index in [9.17, 15) is 9.90 Å². The second kappa shape index (κ2) is 5.80. The minimum atomic E-state index is -0.235. The van der Waals surface area contributed by atoms with Crippen LogP contribution in [0.5, 0.6) is 0 Å². The van der Waals surface area contributed by atoms with E-state index in [-0.39, 0.29) is 24.0 Å². The molecule has 2 rings (SSSR count). The third-order valence-electron chi connectivity index (χ3n) is 3.88. The van der Waals surface area contributed by atoms with Gasteiger partial charge in [-0.2, -0.15) is 0 Å². The highest BCUT2D eigenvalue weighted by Gasteiger charge is 2.34. The number of aliphatic hydroxyl groups excluding tert-OH is 1. The molecule has 98 valence electrons. The Morgan fingerprint density at radius 2 is 2.24 bits per heavy atom. The highest BCUT2D eigenvalue weighted by molar-refractivity contribution is 5.82. The van der Waals surface area contributed by atoms with Gasteiger partial charge in [-0.05, 0) is 12.8 Å². The normalized spacial score (nSPS) is 27.9. The van der Waals surface area contributed by atoms with Gasteiger partial charge in [-0.1, -0.05) is 12.8 Å². The largest absolute Gasteiger partial charge is 0.396 e. The van der Waals surface area contributed by atoms with Crippen LogP contribution < -0.4 is 10.6 Å². The zero-order chi connectivity index (χ0) is 12.1. The first-order valence-corrected chi connectivity index (χ1v) is 6.45. The number of aliphatic hydroxyl groups is 1. The Morgan fingerprint density at radius 1 is 1.47 bits per heavy atom. The summed E-state index contributed by atoms with van der Waals surface area (Å²) in [6.07, 6.45) is 4.33. The fraction of sp³-hybridized carbons (Fsp3) is 0.917. The molecule has 1 amide bonds. The van der Waals surface area contributed by atoms with Crippen molar-refractivity contribution in [1.29, 1.82) is 0 Å². The van der Waals surface area contributed by atoms with Crippen LogP contribution in [-0.2, 0) is 9.53 Å². The Morgan fingerprint density at radius 3 is 2.82 bits per heavy atom. The molecule has 1 heterocycles. The first kappa shape index (κ1) is 12.8. The van der Waals surface area contributed by atoms with Gasteiger partial charge in [0.2, 0.25) is 5.91 Å². The monoisotopic (exact) mass is 242 g/mol. The van der Waals surface area contributed by atoms with Gasteiger partial charge in [0.25, 0.3) is 0 Å². The van der Waals surface area contributed by atoms with E-state index in [1.807, 2.05) is 0 Å². The molecule has 5 heteroatoms. The maximum absolute atomic E-state index is 11.9. The van der Waals surface area contributed by atoms with Crippen LogP contribution in [0.4, 0.5) is 0 Å². The van der Waals surface area contributed by atoms with Crippen LogP contribution in [0.1, 0.15) is 25.7 Å². The summed E-state index contributed by atoms with van der Waals surface area (Å²) in [6, 6.07) is -0.235. The highest BCUT2D eigenvalue weighted by Crippen LogP contribution is 2.36. The van der Waals surface area contributed by atoms with E-state index in [4.69, 9.17) is 4.74 Å². The van der Waals surface area contributed by atoms with Crippen LogP contribution in [-0.4, -0.2) is 50.0 Å². The van der Waals surface area contributed by atoms with E-state index in [1.165, 1.54) is 0 Å². The Hall–Kier alpha value is -0.650. The summed E-state index contributed by atoms with van der Waals surface area (Å²) in [7, 11) is 0. The minimum Gasteiger partial charge on any atom is -0.396 e. The molecule has 1 unspecified atom stereocenters. The number of rotatable bonds is 4. The molecule has 1 atom stereocenters. The molecule has 3 N–H and O–H groups in total. The number of ether oxygens (including phenoxy) is 1. The topological polar surface area (TPSA) is 70.6 Å². The van der Waals surface area contributed by atoms with Crippen LogP contribution in [0.25, 0.3) is 0 Å². The van der Waals surface area contributed by atoms with Gasteiger partial charge >= 0.3 is 0 Å². The summed E-state index contributed by atoms with van der Waals surface area (Å²) in [5, 5.41) is 15.5. The standard InChI is InChI=1S/C12H22N2O3/c15-9-12(3-1-2-4-12)8-14-11(16)10-7-17-6-5-13-10/h10,13,15H,1-9H2,(H,14,16). The minimum absolute atomic E-state index is 0.00979. The number of carbonyl (C=O) groups is 1. The molecule has 1 saturated heterocycles. The Kier molecular flexibility index (Phi) is 4.36. The number of amides is 1. The van der Waals surface area contributed by atoms with E-state index in [2.05, 4.69) is 10.6 Å². The van der Waals surface area contributed by atoms with Crippen molar-refractivity contribution >= 4 is 5.91 Å². The molecule has 1 saturated carbocycles. The van der Waals surface area contributed by atoms with Gasteiger partial charge in [0, 0.05) is 18.5 Å². The van der Waals surface area contributed by atoms with Gasteiger partial charge in [-0.15, -0.1) is 0 Å². The van der Waals surface area contributed by atoms with Crippen molar-refractivity contribution in [1.82, 2.24) is 10.6 Å². The Balaban J connectivity index is 1.78. The van der Waals surface area contributed by atoms with Gasteiger partial charge in [0.05, 0.1) is 19.8 Å². The fourth-order valence-electron chi connectivity index (χ4n) is 2.65. The second-order valence-electron chi connectivity index (χ2n) is 5.16. The zero-order valence-corrected chi connectivity index (χ0v) is 10.2. The summed E-state index contributed by atoms with van der Waals surface area (Å²) < 4.78 is 5.25. The number of morpholine rings is 1. The van der Waals surface area contributed by atoms with E-state index in [0.29, 0.717) is 19.8 Å². The van der Waals surface area contributed by atoms with E-state index in [1.54, 1.807) is 0 Å². The lowest BCUT2D eigenvalue weighted by molar-refractivity contribution is -0.126. The Labute approximate surface area is 102 Å². The summed E-state index contributed by atoms with van der Waals surface area (Å²) in [4.78, 5) is 11.9. The van der Waals surface area contributed by atoms with Crippen molar-refractivity contribution in [2.75, 3.05) is 32.9 Å². The van der Waals surface area contributed by atoms with E-state index < -0.39 is 0 Å². The first-order valence-electron chi connectivity index (χ1n) is 6.45. The number of hydrogen-bond acceptors (Lipinski definition) is 4. The Bertz CT molecular complexity index is 258. The van der Waals surface area contributed by atoms with Crippen molar-refractivity contribution in [3.8, 4) is 0 Å². The molecule has 0 aromatic carbocycles. The smallest absolute Gasteiger partial charge is 0.239 e. The molecule has 2 fully saturated rings. The van der Waals surface area contributed by atoms with Crippen LogP contribution >= 0.6 is 0 Å². The molecule has 1 aliphatic heterocycles. The van der Waals surface area contributed by atoms with Gasteiger partial charge in [-0.25, -0.2) is 0 Å². The van der Waals surface area contributed by atoms with Crippen LogP contribution in [0.2, 0.25) is 0 Å². The van der Waals surface area contributed by atoms with Crippen LogP contribution in [0, 0.1) is 5.41 Å². The number of carbonyl (C=O) groups excluding carboxylic acids is 1. The average Bonchev–Trinajstić information content (AvgIpc) is 2.86. The van der Waals surface area contributed by atoms with E-state index >= 15 is 0 Å². The summed E-state index contributed by atoms with van der Waals surface area (Å²) in [5.41, 5.74) is -0.0782. The molecule has 0 aromatic rings. The van der Waals surface area contributed by atoms with Gasteiger partial charge in [-0.3, -0.25) is 4.79 Å². The molecular formula is C12H22N2O3. The lowest BCUT2D eigenvalue weighted by atomic mass is 9.87. The molecule has 0 bridgehead atoms. The zero-order valence-electron chi connectivity index (χ0n) is 10.2. The lowest BCUT2D eigenvalue weighted by Gasteiger charge is -2.29. The maximum atomic E-state index is 11.9. The third kappa shape index (κ3) is 3.18. The second-order valence-corrected chi connectivity index (χ2v) is 5.16. The van der Waals surface area contributed by atoms with Crippen molar-refractivity contribution in [3.63, 3.8) is 0 Å². The van der Waals surface area contributed by atoms with Crippen molar-refractivity contribution in [2.24, 2.45) is 5.41 Å². The van der Waals surface area contributed by atoms with E-state index in [0.717, 1.165) is 32.2 Å². The molecular weight excluding hydrogens is 220 g/mol. The first-order chi connectivity index (χ1) is 8.26. The number of nitrogens with one attached hydrogen (secondary N) is 2. The molecule has 0 aromatic heterocycles. The van der Waals surface area contributed by atoms with Crippen molar-refractivity contribution < 1.29 is 14.6 Å². The summed E-state index contributed by atoms with van der Waals surface area (Å²) in [5.74, 6) is -0.00979. The van der Waals surface area contributed by atoms with Crippen LogP contribution in [0.3, 0.4) is 0 Å². The highest BCUT2D eigenvalue weighted by atomic mass is 16.5. The maximum Gasteiger partial charge on any atom is 0.239 e. The van der Waals surface area contributed by atoms with Gasteiger partial charge < -0.3 is 20.5 Å². The summed E-state index contributed by atoms with van der Waals surface area (Å²) >= 11 is 0. The molecule has 0 radical (unpaired) electrons. The molecule has 0 spiro atoms. The van der Waals surface area contributed by atoms with Crippen molar-refractivity contribution in [2.45, 2.75) is 31.7 Å². The molecule has 17 heavy (non-hydrogen) atoms. The molecule has 1 aliphatic carbocycles. The summed E-state index contributed by atoms with van der Waals surface area (Å²) in [6.45, 7) is 2.59. The SMILES string of the molecule is O=C(NCC1(CO)CCCC1)C1COCCN1. The quantitative estimate of drug-likeness (QED) is 0.630. The van der Waals surface area contributed by atoms with Crippen molar-refractivity contribution in [3.05, 3.63) is 0 Å². The predicted octanol–water partition coefficient (Wildman–Crippen LogP) is -0.356. The fourth-order valence-corrected chi connectivity index (χ4v) is 2.65. The predicted molar refractivity (Wildman–Crippen MR) is 63.6 cm³/mol. The van der Waals surface area contributed by atoms with Crippen LogP contribution in [0.15, 0.2) is 0 Å². The third-order valence-corrected chi connectivity index (χ3v) is 3.88. The van der Waals surface area contributed by atoms with Gasteiger partial charge in [0.15, 0.2) is 0 Å². The van der Waals surface area contributed by atoms with Gasteiger partial charge in [0.1, 0.15) is 6.04 Å². The number of hydrogen-bond donors (Lipinski definition) is 3. The molecule has 5 nitrogen and oxygen atoms in total.